The number of hydrogen-bond acceptors (Lipinski definition) is 4. The molecule has 1 N–H and O–H groups in total. The van der Waals surface area contributed by atoms with Gasteiger partial charge >= 0.3 is 0 Å². The molecule has 27 heavy (non-hydrogen) atoms. The van der Waals surface area contributed by atoms with Crippen molar-refractivity contribution in [3.05, 3.63) is 59.8 Å². The van der Waals surface area contributed by atoms with Crippen LogP contribution in [-0.2, 0) is 7.05 Å². The molecule has 0 bridgehead atoms. The van der Waals surface area contributed by atoms with Crippen molar-refractivity contribution in [1.29, 1.82) is 0 Å². The Morgan fingerprint density at radius 3 is 2.78 bits per heavy atom. The normalized spacial score (nSPS) is 16.5. The molecule has 1 atom stereocenters. The molecule has 0 spiro atoms. The summed E-state index contributed by atoms with van der Waals surface area (Å²) in [7, 11) is 1.96. The van der Waals surface area contributed by atoms with Crippen LogP contribution in [0.5, 0.6) is 0 Å². The number of imidazole rings is 1. The number of piperazine rings is 1. The number of fused-ring (bicyclic) bond motifs is 1. The highest BCUT2D eigenvalue weighted by Gasteiger charge is 2.31. The van der Waals surface area contributed by atoms with Crippen molar-refractivity contribution in [3.8, 4) is 0 Å². The number of carbonyl (C=O) groups excluding carboxylic acids is 1. The maximum absolute atomic E-state index is 13.4. The van der Waals surface area contributed by atoms with E-state index in [1.54, 1.807) is 6.20 Å². The maximum Gasteiger partial charge on any atom is 0.255 e. The third-order valence-electron chi connectivity index (χ3n) is 4.74. The highest BCUT2D eigenvalue weighted by Crippen LogP contribution is 2.26. The molecule has 1 aliphatic heterocycles. The van der Waals surface area contributed by atoms with Crippen LogP contribution in [0.3, 0.4) is 0 Å². The predicted octanol–water partition coefficient (Wildman–Crippen LogP) is 2.91. The van der Waals surface area contributed by atoms with Crippen molar-refractivity contribution in [1.82, 2.24) is 24.8 Å². The molecule has 2 aromatic heterocycles. The molecule has 6 nitrogen and oxygen atoms in total. The SMILES string of the molecule is Cc1cc(C(=O)N2CCNCC2c2nccn2C)c2ccccc2n1.Cl.Cl. The minimum atomic E-state index is -0.0755. The third-order valence-corrected chi connectivity index (χ3v) is 4.74. The highest BCUT2D eigenvalue weighted by molar-refractivity contribution is 6.06. The standard InChI is InChI=1S/C19H21N5O.2ClH/c1-13-11-15(14-5-3-4-6-16(14)22-13)19(25)24-10-7-20-12-17(24)18-21-8-9-23(18)2;;/h3-6,8-9,11,17,20H,7,10,12H2,1-2H3;2*1H. The lowest BCUT2D eigenvalue weighted by molar-refractivity contribution is 0.0622. The number of pyridine rings is 1. The molecule has 0 radical (unpaired) electrons. The molecule has 3 heterocycles. The molecule has 1 fully saturated rings. The van der Waals surface area contributed by atoms with E-state index < -0.39 is 0 Å². The molecular formula is C19H23Cl2N5O. The Balaban J connectivity index is 0.00000131. The summed E-state index contributed by atoms with van der Waals surface area (Å²) in [6.45, 7) is 4.08. The Labute approximate surface area is 170 Å². The lowest BCUT2D eigenvalue weighted by atomic mass is 10.0. The zero-order valence-electron chi connectivity index (χ0n) is 15.3. The summed E-state index contributed by atoms with van der Waals surface area (Å²) in [4.78, 5) is 24.4. The second kappa shape index (κ2) is 8.69. The number of para-hydroxylation sites is 1. The van der Waals surface area contributed by atoms with Crippen LogP contribution in [0.15, 0.2) is 42.7 Å². The Bertz CT molecular complexity index is 943. The molecule has 1 aromatic carbocycles. The zero-order chi connectivity index (χ0) is 17.4. The molecule has 0 saturated carbocycles. The average Bonchev–Trinajstić information content (AvgIpc) is 3.06. The number of aryl methyl sites for hydroxylation is 2. The largest absolute Gasteiger partial charge is 0.336 e. The van der Waals surface area contributed by atoms with Crippen LogP contribution in [0.4, 0.5) is 0 Å². The van der Waals surface area contributed by atoms with Crippen LogP contribution in [0.1, 0.15) is 27.9 Å². The first-order valence-corrected chi connectivity index (χ1v) is 8.50. The van der Waals surface area contributed by atoms with Crippen molar-refractivity contribution in [2.45, 2.75) is 13.0 Å². The first-order chi connectivity index (χ1) is 12.1. The maximum atomic E-state index is 13.4. The van der Waals surface area contributed by atoms with Gasteiger partial charge in [-0.2, -0.15) is 0 Å². The van der Waals surface area contributed by atoms with Gasteiger partial charge in [-0.15, -0.1) is 24.8 Å². The van der Waals surface area contributed by atoms with Crippen molar-refractivity contribution >= 4 is 41.6 Å². The first kappa shape index (κ1) is 21.2. The van der Waals surface area contributed by atoms with Crippen LogP contribution in [-0.4, -0.2) is 45.0 Å². The van der Waals surface area contributed by atoms with E-state index in [1.165, 1.54) is 0 Å². The highest BCUT2D eigenvalue weighted by atomic mass is 35.5. The fraction of sp³-hybridized carbons (Fsp3) is 0.316. The van der Waals surface area contributed by atoms with Gasteiger partial charge in [0.05, 0.1) is 11.1 Å². The molecular weight excluding hydrogens is 385 g/mol. The van der Waals surface area contributed by atoms with E-state index in [2.05, 4.69) is 15.3 Å². The van der Waals surface area contributed by atoms with E-state index in [1.807, 2.05) is 60.0 Å². The van der Waals surface area contributed by atoms with Crippen LogP contribution in [0.2, 0.25) is 0 Å². The molecule has 3 aromatic rings. The summed E-state index contributed by atoms with van der Waals surface area (Å²) in [5.74, 6) is 0.937. The third kappa shape index (κ3) is 3.93. The molecule has 144 valence electrons. The fourth-order valence-electron chi connectivity index (χ4n) is 3.52. The van der Waals surface area contributed by atoms with E-state index in [0.717, 1.165) is 29.0 Å². The number of rotatable bonds is 2. The van der Waals surface area contributed by atoms with Crippen molar-refractivity contribution in [2.75, 3.05) is 19.6 Å². The van der Waals surface area contributed by atoms with E-state index >= 15 is 0 Å². The molecule has 1 aliphatic rings. The van der Waals surface area contributed by atoms with Crippen LogP contribution in [0, 0.1) is 6.92 Å². The Morgan fingerprint density at radius 1 is 1.26 bits per heavy atom. The topological polar surface area (TPSA) is 63.1 Å². The van der Waals surface area contributed by atoms with Gasteiger partial charge in [0.15, 0.2) is 0 Å². The number of aromatic nitrogens is 3. The predicted molar refractivity (Wildman–Crippen MR) is 111 cm³/mol. The monoisotopic (exact) mass is 407 g/mol. The lowest BCUT2D eigenvalue weighted by Gasteiger charge is -2.36. The Kier molecular flexibility index (Phi) is 6.81. The number of nitrogens with one attached hydrogen (secondary N) is 1. The van der Waals surface area contributed by atoms with Gasteiger partial charge in [0.2, 0.25) is 0 Å². The number of carbonyl (C=O) groups is 1. The van der Waals surface area contributed by atoms with Gasteiger partial charge in [-0.25, -0.2) is 4.98 Å². The summed E-state index contributed by atoms with van der Waals surface area (Å²) < 4.78 is 1.98. The quantitative estimate of drug-likeness (QED) is 0.709. The second-order valence-corrected chi connectivity index (χ2v) is 6.44. The number of halogens is 2. The average molecular weight is 408 g/mol. The van der Waals surface area contributed by atoms with Gasteiger partial charge in [0.1, 0.15) is 11.9 Å². The zero-order valence-corrected chi connectivity index (χ0v) is 16.9. The summed E-state index contributed by atoms with van der Waals surface area (Å²) in [5, 5.41) is 4.27. The molecule has 8 heteroatoms. The molecule has 4 rings (SSSR count). The summed E-state index contributed by atoms with van der Waals surface area (Å²) in [6.07, 6.45) is 3.69. The summed E-state index contributed by atoms with van der Waals surface area (Å²) >= 11 is 0. The second-order valence-electron chi connectivity index (χ2n) is 6.44. The molecule has 1 saturated heterocycles. The molecule has 0 aliphatic carbocycles. The number of benzene rings is 1. The Hall–Kier alpha value is -2.15. The summed E-state index contributed by atoms with van der Waals surface area (Å²) in [5.41, 5.74) is 2.42. The van der Waals surface area contributed by atoms with Gasteiger partial charge in [0, 0.05) is 50.2 Å². The van der Waals surface area contributed by atoms with Crippen LogP contribution in [0.25, 0.3) is 10.9 Å². The van der Waals surface area contributed by atoms with E-state index in [9.17, 15) is 4.79 Å². The van der Waals surface area contributed by atoms with E-state index in [-0.39, 0.29) is 36.8 Å². The Morgan fingerprint density at radius 2 is 2.04 bits per heavy atom. The number of nitrogens with zero attached hydrogens (tertiary/aromatic N) is 4. The number of hydrogen-bond donors (Lipinski definition) is 1. The minimum Gasteiger partial charge on any atom is -0.336 e. The smallest absolute Gasteiger partial charge is 0.255 e. The van der Waals surface area contributed by atoms with E-state index in [4.69, 9.17) is 0 Å². The van der Waals surface area contributed by atoms with Gasteiger partial charge in [-0.05, 0) is 19.1 Å². The van der Waals surface area contributed by atoms with Crippen molar-refractivity contribution in [3.63, 3.8) is 0 Å². The van der Waals surface area contributed by atoms with Gasteiger partial charge in [0.25, 0.3) is 5.91 Å². The molecule has 1 amide bonds. The van der Waals surface area contributed by atoms with Crippen molar-refractivity contribution < 1.29 is 4.79 Å². The first-order valence-electron chi connectivity index (χ1n) is 8.50. The lowest BCUT2D eigenvalue weighted by Crippen LogP contribution is -2.49. The van der Waals surface area contributed by atoms with Gasteiger partial charge in [-0.1, -0.05) is 18.2 Å². The molecule has 1 unspecified atom stereocenters. The van der Waals surface area contributed by atoms with Crippen molar-refractivity contribution in [2.24, 2.45) is 7.05 Å². The summed E-state index contributed by atoms with van der Waals surface area (Å²) in [6, 6.07) is 9.63. The minimum absolute atomic E-state index is 0. The van der Waals surface area contributed by atoms with Crippen LogP contribution < -0.4 is 5.32 Å². The van der Waals surface area contributed by atoms with E-state index in [0.29, 0.717) is 18.7 Å². The van der Waals surface area contributed by atoms with Gasteiger partial charge in [-0.3, -0.25) is 9.78 Å². The number of amides is 1. The fourth-order valence-corrected chi connectivity index (χ4v) is 3.52. The van der Waals surface area contributed by atoms with Gasteiger partial charge < -0.3 is 14.8 Å². The van der Waals surface area contributed by atoms with Crippen LogP contribution >= 0.6 is 24.8 Å².